The minimum absolute atomic E-state index is 0.493. The Bertz CT molecular complexity index is 644. The predicted octanol–water partition coefficient (Wildman–Crippen LogP) is 3.82. The van der Waals surface area contributed by atoms with Crippen LogP contribution in [0.4, 0.5) is 11.4 Å². The second-order valence-corrected chi connectivity index (χ2v) is 4.92. The van der Waals surface area contributed by atoms with Crippen molar-refractivity contribution < 1.29 is 9.47 Å². The van der Waals surface area contributed by atoms with Crippen LogP contribution in [0.25, 0.3) is 0 Å². The summed E-state index contributed by atoms with van der Waals surface area (Å²) in [6.07, 6.45) is 0. The van der Waals surface area contributed by atoms with E-state index in [1.807, 2.05) is 49.4 Å². The molecule has 4 nitrogen and oxygen atoms in total. The smallest absolute Gasteiger partial charge is 0.175 e. The van der Waals surface area contributed by atoms with Crippen molar-refractivity contribution in [3.8, 4) is 11.5 Å². The summed E-state index contributed by atoms with van der Waals surface area (Å²) in [5.74, 6) is 1.43. The van der Waals surface area contributed by atoms with Crippen LogP contribution in [0.3, 0.4) is 0 Å². The Morgan fingerprint density at radius 2 is 1.81 bits per heavy atom. The number of hydrogen-bond donors (Lipinski definition) is 2. The van der Waals surface area contributed by atoms with Gasteiger partial charge >= 0.3 is 0 Å². The fourth-order valence-corrected chi connectivity index (χ4v) is 2.15. The lowest BCUT2D eigenvalue weighted by atomic mass is 10.2. The molecule has 5 heteroatoms. The van der Waals surface area contributed by atoms with Crippen LogP contribution in [0, 0.1) is 6.92 Å². The molecule has 2 aromatic carbocycles. The van der Waals surface area contributed by atoms with E-state index in [4.69, 9.17) is 21.7 Å². The van der Waals surface area contributed by atoms with E-state index in [1.54, 1.807) is 14.2 Å². The van der Waals surface area contributed by atoms with Crippen molar-refractivity contribution in [3.05, 3.63) is 48.0 Å². The molecule has 0 aliphatic rings. The molecule has 21 heavy (non-hydrogen) atoms. The van der Waals surface area contributed by atoms with Crippen molar-refractivity contribution in [1.82, 2.24) is 0 Å². The Hall–Kier alpha value is -2.27. The maximum atomic E-state index is 5.33. The van der Waals surface area contributed by atoms with Gasteiger partial charge in [0.25, 0.3) is 0 Å². The van der Waals surface area contributed by atoms with Crippen LogP contribution in [-0.2, 0) is 0 Å². The fraction of sp³-hybridized carbons (Fsp3) is 0.188. The number of hydrogen-bond acceptors (Lipinski definition) is 3. The molecule has 0 aliphatic heterocycles. The maximum Gasteiger partial charge on any atom is 0.175 e. The molecule has 2 aromatic rings. The van der Waals surface area contributed by atoms with Gasteiger partial charge in [0.1, 0.15) is 11.5 Å². The Morgan fingerprint density at radius 3 is 2.48 bits per heavy atom. The number of rotatable bonds is 4. The van der Waals surface area contributed by atoms with Crippen LogP contribution in [0.5, 0.6) is 11.5 Å². The Balaban J connectivity index is 2.12. The van der Waals surface area contributed by atoms with E-state index in [0.29, 0.717) is 10.9 Å². The Morgan fingerprint density at radius 1 is 1.00 bits per heavy atom. The molecule has 0 bridgehead atoms. The molecule has 0 saturated carbocycles. The van der Waals surface area contributed by atoms with Crippen molar-refractivity contribution >= 4 is 28.7 Å². The molecular weight excluding hydrogens is 284 g/mol. The summed E-state index contributed by atoms with van der Waals surface area (Å²) in [5, 5.41) is 6.76. The molecule has 2 rings (SSSR count). The number of aryl methyl sites for hydroxylation is 1. The highest BCUT2D eigenvalue weighted by Crippen LogP contribution is 2.29. The van der Waals surface area contributed by atoms with Crippen molar-refractivity contribution in [3.63, 3.8) is 0 Å². The third-order valence-corrected chi connectivity index (χ3v) is 3.13. The normalized spacial score (nSPS) is 9.86. The summed E-state index contributed by atoms with van der Waals surface area (Å²) in [5.41, 5.74) is 2.86. The third kappa shape index (κ3) is 4.10. The first kappa shape index (κ1) is 15.1. The zero-order valence-corrected chi connectivity index (χ0v) is 13.1. The first-order chi connectivity index (χ1) is 10.1. The topological polar surface area (TPSA) is 42.5 Å². The van der Waals surface area contributed by atoms with Crippen LogP contribution >= 0.6 is 12.2 Å². The van der Waals surface area contributed by atoms with Gasteiger partial charge in [-0.05, 0) is 49.0 Å². The van der Waals surface area contributed by atoms with Gasteiger partial charge in [-0.25, -0.2) is 0 Å². The SMILES string of the molecule is COc1ccc(OC)c(NC(=S)Nc2cccc(C)c2)c1. The minimum atomic E-state index is 0.493. The molecule has 2 N–H and O–H groups in total. The third-order valence-electron chi connectivity index (χ3n) is 2.93. The van der Waals surface area contributed by atoms with Crippen LogP contribution < -0.4 is 20.1 Å². The summed E-state index contributed by atoms with van der Waals surface area (Å²) in [4.78, 5) is 0. The first-order valence-corrected chi connectivity index (χ1v) is 6.90. The van der Waals surface area contributed by atoms with Gasteiger partial charge in [0.2, 0.25) is 0 Å². The number of ether oxygens (including phenoxy) is 2. The molecule has 0 radical (unpaired) electrons. The van der Waals surface area contributed by atoms with Gasteiger partial charge in [0, 0.05) is 11.8 Å². The zero-order valence-electron chi connectivity index (χ0n) is 12.3. The highest BCUT2D eigenvalue weighted by atomic mass is 32.1. The number of methoxy groups -OCH3 is 2. The summed E-state index contributed by atoms with van der Waals surface area (Å²) < 4.78 is 10.5. The number of nitrogens with one attached hydrogen (secondary N) is 2. The van der Waals surface area contributed by atoms with E-state index in [0.717, 1.165) is 17.1 Å². The molecule has 0 saturated heterocycles. The van der Waals surface area contributed by atoms with Crippen molar-refractivity contribution in [2.45, 2.75) is 6.92 Å². The van der Waals surface area contributed by atoms with Gasteiger partial charge in [-0.3, -0.25) is 0 Å². The molecular formula is C16H18N2O2S. The van der Waals surface area contributed by atoms with Crippen LogP contribution in [0.1, 0.15) is 5.56 Å². The number of thiocarbonyl (C=S) groups is 1. The molecule has 0 aromatic heterocycles. The summed E-state index contributed by atoms with van der Waals surface area (Å²) in [6, 6.07) is 13.5. The molecule has 0 heterocycles. The highest BCUT2D eigenvalue weighted by molar-refractivity contribution is 7.80. The average molecular weight is 302 g/mol. The molecule has 0 fully saturated rings. The molecule has 110 valence electrons. The van der Waals surface area contributed by atoms with E-state index in [9.17, 15) is 0 Å². The summed E-state index contributed by atoms with van der Waals surface area (Å²) in [7, 11) is 3.24. The zero-order chi connectivity index (χ0) is 15.2. The second kappa shape index (κ2) is 6.95. The van der Waals surface area contributed by atoms with Crippen LogP contribution in [0.15, 0.2) is 42.5 Å². The largest absolute Gasteiger partial charge is 0.497 e. The monoisotopic (exact) mass is 302 g/mol. The number of anilines is 2. The maximum absolute atomic E-state index is 5.33. The van der Waals surface area contributed by atoms with E-state index >= 15 is 0 Å². The van der Waals surface area contributed by atoms with E-state index in [2.05, 4.69) is 10.6 Å². The molecule has 0 atom stereocenters. The molecule has 0 aliphatic carbocycles. The molecule has 0 spiro atoms. The van der Waals surface area contributed by atoms with Crippen molar-refractivity contribution in [2.75, 3.05) is 24.9 Å². The van der Waals surface area contributed by atoms with Gasteiger partial charge in [-0.1, -0.05) is 12.1 Å². The van der Waals surface area contributed by atoms with Crippen molar-refractivity contribution in [1.29, 1.82) is 0 Å². The lowest BCUT2D eigenvalue weighted by Crippen LogP contribution is -2.19. The van der Waals surface area contributed by atoms with Gasteiger partial charge in [-0.15, -0.1) is 0 Å². The number of benzene rings is 2. The second-order valence-electron chi connectivity index (χ2n) is 4.51. The van der Waals surface area contributed by atoms with E-state index in [-0.39, 0.29) is 0 Å². The highest BCUT2D eigenvalue weighted by Gasteiger charge is 2.07. The van der Waals surface area contributed by atoms with Gasteiger partial charge in [-0.2, -0.15) is 0 Å². The predicted molar refractivity (Wildman–Crippen MR) is 90.6 cm³/mol. The molecule has 0 amide bonds. The van der Waals surface area contributed by atoms with E-state index in [1.165, 1.54) is 5.56 Å². The standard InChI is InChI=1S/C16H18N2O2S/c1-11-5-4-6-12(9-11)17-16(21)18-14-10-13(19-2)7-8-15(14)20-3/h4-10H,1-3H3,(H2,17,18,21). The fourth-order valence-electron chi connectivity index (χ4n) is 1.92. The van der Waals surface area contributed by atoms with Gasteiger partial charge in [0.05, 0.1) is 19.9 Å². The average Bonchev–Trinajstić information content (AvgIpc) is 2.47. The van der Waals surface area contributed by atoms with Crippen molar-refractivity contribution in [2.24, 2.45) is 0 Å². The lowest BCUT2D eigenvalue weighted by molar-refractivity contribution is 0.405. The van der Waals surface area contributed by atoms with Crippen LogP contribution in [0.2, 0.25) is 0 Å². The van der Waals surface area contributed by atoms with Crippen LogP contribution in [-0.4, -0.2) is 19.3 Å². The Kier molecular flexibility index (Phi) is 5.00. The van der Waals surface area contributed by atoms with E-state index < -0.39 is 0 Å². The first-order valence-electron chi connectivity index (χ1n) is 6.49. The lowest BCUT2D eigenvalue weighted by Gasteiger charge is -2.14. The molecule has 0 unspecified atom stereocenters. The van der Waals surface area contributed by atoms with Gasteiger partial charge < -0.3 is 20.1 Å². The Labute approximate surface area is 130 Å². The quantitative estimate of drug-likeness (QED) is 0.840. The van der Waals surface area contributed by atoms with Gasteiger partial charge in [0.15, 0.2) is 5.11 Å². The summed E-state index contributed by atoms with van der Waals surface area (Å²) >= 11 is 5.33. The summed E-state index contributed by atoms with van der Waals surface area (Å²) in [6.45, 7) is 2.03. The minimum Gasteiger partial charge on any atom is -0.497 e.